The molecule has 3 atom stereocenters. The maximum absolute atomic E-state index is 13.0. The summed E-state index contributed by atoms with van der Waals surface area (Å²) in [7, 11) is 1.24. The fourth-order valence-corrected chi connectivity index (χ4v) is 10.8. The van der Waals surface area contributed by atoms with E-state index in [0.717, 1.165) is 51.4 Å². The second kappa shape index (κ2) is 60.8. The lowest BCUT2D eigenvalue weighted by Crippen LogP contribution is -2.45. The van der Waals surface area contributed by atoms with Gasteiger partial charge in [0.05, 0.1) is 39.9 Å². The Labute approximate surface area is 492 Å². The Balaban J connectivity index is 4.15. The highest BCUT2D eigenvalue weighted by atomic mass is 31.2. The monoisotopic (exact) mass is 1130 g/mol. The molecule has 79 heavy (non-hydrogen) atoms. The fourth-order valence-electron chi connectivity index (χ4n) is 10.1. The third-order valence-corrected chi connectivity index (χ3v) is 16.4. The van der Waals surface area contributed by atoms with Crippen LogP contribution >= 0.6 is 7.82 Å². The van der Waals surface area contributed by atoms with Crippen molar-refractivity contribution in [3.05, 3.63) is 60.8 Å². The molecule has 0 saturated carbocycles. The molecule has 1 amide bonds. The van der Waals surface area contributed by atoms with Gasteiger partial charge >= 0.3 is 0 Å². The van der Waals surface area contributed by atoms with Crippen LogP contribution in [0.1, 0.15) is 328 Å². The number of quaternary nitrogens is 1. The number of hydrogen-bond donors (Lipinski definition) is 2. The number of likely N-dealkylation sites (N-methyl/N-ethyl adjacent to an activating group) is 1. The smallest absolute Gasteiger partial charge is 0.268 e. The van der Waals surface area contributed by atoms with Crippen LogP contribution in [-0.2, 0) is 18.4 Å². The molecule has 0 aromatic carbocycles. The lowest BCUT2D eigenvalue weighted by atomic mass is 10.0. The molecular weight excluding hydrogens is 996 g/mol. The van der Waals surface area contributed by atoms with E-state index in [4.69, 9.17) is 9.05 Å². The summed E-state index contributed by atoms with van der Waals surface area (Å²) in [6, 6.07) is -0.913. The third-order valence-electron chi connectivity index (χ3n) is 15.4. The normalized spacial score (nSPS) is 14.1. The van der Waals surface area contributed by atoms with Gasteiger partial charge in [0.2, 0.25) is 5.91 Å². The molecule has 0 aromatic rings. The topological polar surface area (TPSA) is 108 Å². The minimum atomic E-state index is -4.62. The summed E-state index contributed by atoms with van der Waals surface area (Å²) in [6.45, 7) is 4.65. The maximum atomic E-state index is 13.0. The molecule has 0 rings (SSSR count). The van der Waals surface area contributed by atoms with Gasteiger partial charge < -0.3 is 28.8 Å². The number of hydrogen-bond acceptors (Lipinski definition) is 6. The number of nitrogens with zero attached hydrogens (tertiary/aromatic N) is 1. The molecule has 0 aromatic heterocycles. The van der Waals surface area contributed by atoms with Gasteiger partial charge in [-0.05, 0) is 77.0 Å². The van der Waals surface area contributed by atoms with E-state index in [-0.39, 0.29) is 12.5 Å². The average Bonchev–Trinajstić information content (AvgIpc) is 3.42. The van der Waals surface area contributed by atoms with Gasteiger partial charge in [0.1, 0.15) is 13.2 Å². The highest BCUT2D eigenvalue weighted by Crippen LogP contribution is 2.38. The summed E-state index contributed by atoms with van der Waals surface area (Å²) in [4.78, 5) is 25.6. The number of aliphatic hydroxyl groups is 1. The molecule has 0 bridgehead atoms. The van der Waals surface area contributed by atoms with E-state index in [1.807, 2.05) is 27.2 Å². The molecule has 0 aliphatic heterocycles. The van der Waals surface area contributed by atoms with Gasteiger partial charge in [-0.25, -0.2) is 0 Å². The molecule has 2 N–H and O–H groups in total. The standard InChI is InChI=1S/C70H133N2O6P/c1-6-8-10-12-14-16-18-20-22-24-26-28-30-32-34-35-36-38-39-41-43-45-47-49-51-53-55-57-59-61-63-69(73)68(67-78-79(75,76)77-66-65-72(3,4)5)71-70(74)64-62-60-58-56-54-52-50-48-46-44-42-40-37-33-31-29-27-25-23-21-19-17-15-13-11-9-7-2/h19,21,25,27,45,47,53,55,61,63,68-69,73H,6-18,20,22-24,26,28-44,46,48-52,54,56-60,62,64-67H2,1-5H3,(H-,71,74,75,76)/b21-19-,27-25-,47-45+,55-53+,63-61+. The van der Waals surface area contributed by atoms with Crippen molar-refractivity contribution in [1.29, 1.82) is 0 Å². The lowest BCUT2D eigenvalue weighted by Gasteiger charge is -2.29. The summed E-state index contributed by atoms with van der Waals surface area (Å²) in [5, 5.41) is 13.9. The number of rotatable bonds is 63. The van der Waals surface area contributed by atoms with Crippen LogP contribution in [0.2, 0.25) is 0 Å². The van der Waals surface area contributed by atoms with Crippen molar-refractivity contribution < 1.29 is 32.9 Å². The van der Waals surface area contributed by atoms with Crippen LogP contribution in [0, 0.1) is 0 Å². The molecule has 0 fully saturated rings. The summed E-state index contributed by atoms with van der Waals surface area (Å²) in [6.07, 6.45) is 83.4. The van der Waals surface area contributed by atoms with Gasteiger partial charge in [-0.3, -0.25) is 9.36 Å². The number of nitrogens with one attached hydrogen (secondary N) is 1. The number of phosphoric ester groups is 1. The Morgan fingerprint density at radius 3 is 1.10 bits per heavy atom. The third kappa shape index (κ3) is 63.6. The van der Waals surface area contributed by atoms with E-state index in [9.17, 15) is 19.4 Å². The number of carbonyl (C=O) groups excluding carboxylic acids is 1. The lowest BCUT2D eigenvalue weighted by molar-refractivity contribution is -0.870. The number of amides is 1. The van der Waals surface area contributed by atoms with Crippen LogP contribution in [0.15, 0.2) is 60.8 Å². The van der Waals surface area contributed by atoms with E-state index >= 15 is 0 Å². The van der Waals surface area contributed by atoms with Crippen molar-refractivity contribution in [3.63, 3.8) is 0 Å². The van der Waals surface area contributed by atoms with Gasteiger partial charge in [-0.15, -0.1) is 0 Å². The highest BCUT2D eigenvalue weighted by Gasteiger charge is 2.23. The van der Waals surface area contributed by atoms with Crippen LogP contribution in [0.5, 0.6) is 0 Å². The number of carbonyl (C=O) groups is 1. The summed E-state index contributed by atoms with van der Waals surface area (Å²) in [5.74, 6) is -0.208. The van der Waals surface area contributed by atoms with Crippen molar-refractivity contribution in [1.82, 2.24) is 5.32 Å². The second-order valence-corrected chi connectivity index (χ2v) is 25.9. The van der Waals surface area contributed by atoms with Gasteiger partial charge in [0, 0.05) is 6.42 Å². The van der Waals surface area contributed by atoms with Crippen LogP contribution < -0.4 is 10.2 Å². The molecule has 0 radical (unpaired) electrons. The molecular formula is C70H133N2O6P. The first kappa shape index (κ1) is 77.2. The SMILES string of the molecule is CCCCCCC/C=C\C/C=C\CCCCCCCCCCCCCCCCCC(=O)NC(COP(=O)([O-])OCC[N+](C)(C)C)C(O)/C=C/CC/C=C/CC/C=C/CCCCCCCCCCCCCCCCCCCCCC. The first-order valence-electron chi connectivity index (χ1n) is 34.2. The van der Waals surface area contributed by atoms with E-state index < -0.39 is 26.6 Å². The average molecular weight is 1130 g/mol. The molecule has 0 heterocycles. The Hall–Kier alpha value is -1.80. The molecule has 0 saturated heterocycles. The molecule has 9 heteroatoms. The van der Waals surface area contributed by atoms with Gasteiger partial charge in [-0.1, -0.05) is 306 Å². The van der Waals surface area contributed by atoms with Gasteiger partial charge in [0.25, 0.3) is 7.82 Å². The maximum Gasteiger partial charge on any atom is 0.268 e. The first-order chi connectivity index (χ1) is 38.5. The minimum absolute atomic E-state index is 0.00965. The zero-order chi connectivity index (χ0) is 57.7. The van der Waals surface area contributed by atoms with Crippen LogP contribution in [0.3, 0.4) is 0 Å². The Morgan fingerprint density at radius 2 is 0.747 bits per heavy atom. The van der Waals surface area contributed by atoms with Crippen LogP contribution in [-0.4, -0.2) is 68.5 Å². The molecule has 464 valence electrons. The molecule has 3 unspecified atom stereocenters. The summed E-state index contributed by atoms with van der Waals surface area (Å²) >= 11 is 0. The zero-order valence-corrected chi connectivity index (χ0v) is 54.0. The van der Waals surface area contributed by atoms with Gasteiger partial charge in [-0.2, -0.15) is 0 Å². The molecule has 0 spiro atoms. The Morgan fingerprint density at radius 1 is 0.443 bits per heavy atom. The van der Waals surface area contributed by atoms with Crippen LogP contribution in [0.25, 0.3) is 0 Å². The zero-order valence-electron chi connectivity index (χ0n) is 53.1. The fraction of sp³-hybridized carbons (Fsp3) is 0.843. The van der Waals surface area contributed by atoms with Crippen molar-refractivity contribution in [2.24, 2.45) is 0 Å². The number of allylic oxidation sites excluding steroid dienone is 9. The Bertz CT molecular complexity index is 1470. The van der Waals surface area contributed by atoms with E-state index in [0.29, 0.717) is 17.4 Å². The largest absolute Gasteiger partial charge is 0.756 e. The van der Waals surface area contributed by atoms with Crippen molar-refractivity contribution >= 4 is 13.7 Å². The first-order valence-corrected chi connectivity index (χ1v) is 35.6. The number of phosphoric acid groups is 1. The van der Waals surface area contributed by atoms with E-state index in [1.54, 1.807) is 6.08 Å². The second-order valence-electron chi connectivity index (χ2n) is 24.5. The quantitative estimate of drug-likeness (QED) is 0.0272. The number of unbranched alkanes of at least 4 members (excludes halogenated alkanes) is 42. The van der Waals surface area contributed by atoms with Crippen LogP contribution in [0.4, 0.5) is 0 Å². The van der Waals surface area contributed by atoms with E-state index in [2.05, 4.69) is 67.8 Å². The summed E-state index contributed by atoms with van der Waals surface area (Å²) in [5.41, 5.74) is 0. The molecule has 8 nitrogen and oxygen atoms in total. The molecule has 0 aliphatic rings. The predicted molar refractivity (Wildman–Crippen MR) is 344 cm³/mol. The summed E-state index contributed by atoms with van der Waals surface area (Å²) < 4.78 is 23.4. The minimum Gasteiger partial charge on any atom is -0.756 e. The predicted octanol–water partition coefficient (Wildman–Crippen LogP) is 21.0. The molecule has 0 aliphatic carbocycles. The highest BCUT2D eigenvalue weighted by molar-refractivity contribution is 7.45. The number of aliphatic hydroxyl groups excluding tert-OH is 1. The Kier molecular flexibility index (Phi) is 59.4. The van der Waals surface area contributed by atoms with Crippen molar-refractivity contribution in [3.8, 4) is 0 Å². The van der Waals surface area contributed by atoms with Crippen molar-refractivity contribution in [2.75, 3.05) is 40.9 Å². The van der Waals surface area contributed by atoms with E-state index in [1.165, 1.54) is 257 Å². The van der Waals surface area contributed by atoms with Gasteiger partial charge in [0.15, 0.2) is 0 Å². The van der Waals surface area contributed by atoms with Crippen molar-refractivity contribution in [2.45, 2.75) is 341 Å².